The van der Waals surface area contributed by atoms with Crippen LogP contribution >= 0.6 is 23.2 Å². The molecule has 2 amide bonds. The minimum Gasteiger partial charge on any atom is -0.385 e. The van der Waals surface area contributed by atoms with Gasteiger partial charge in [0.15, 0.2) is 0 Å². The molecule has 1 aromatic carbocycles. The van der Waals surface area contributed by atoms with Crippen molar-refractivity contribution in [3.63, 3.8) is 0 Å². The van der Waals surface area contributed by atoms with Gasteiger partial charge in [0.2, 0.25) is 0 Å². The minimum absolute atomic E-state index is 0.213. The summed E-state index contributed by atoms with van der Waals surface area (Å²) in [5.74, 6) is 0.213. The summed E-state index contributed by atoms with van der Waals surface area (Å²) in [4.78, 5) is 17.1. The van der Waals surface area contributed by atoms with Crippen molar-refractivity contribution in [3.8, 4) is 0 Å². The number of urea groups is 1. The number of hydrogen-bond acceptors (Lipinski definition) is 3. The van der Waals surface area contributed by atoms with Crippen molar-refractivity contribution in [2.75, 3.05) is 20.3 Å². The third-order valence-corrected chi connectivity index (χ3v) is 3.43. The van der Waals surface area contributed by atoms with Crippen LogP contribution in [0.2, 0.25) is 10.0 Å². The van der Waals surface area contributed by atoms with Gasteiger partial charge in [0.05, 0.1) is 6.61 Å². The molecular formula is C12H13Cl2N3O2. The molecule has 1 aromatic rings. The van der Waals surface area contributed by atoms with Crippen molar-refractivity contribution >= 4 is 35.1 Å². The summed E-state index contributed by atoms with van der Waals surface area (Å²) in [5, 5.41) is 1.02. The fourth-order valence-electron chi connectivity index (χ4n) is 1.97. The van der Waals surface area contributed by atoms with E-state index in [4.69, 9.17) is 33.7 Å². The van der Waals surface area contributed by atoms with Crippen LogP contribution in [0.4, 0.5) is 4.79 Å². The number of benzene rings is 1. The van der Waals surface area contributed by atoms with Crippen LogP contribution in [-0.4, -0.2) is 37.0 Å². The zero-order valence-electron chi connectivity index (χ0n) is 10.3. The van der Waals surface area contributed by atoms with Gasteiger partial charge in [0.1, 0.15) is 11.9 Å². The summed E-state index contributed by atoms with van der Waals surface area (Å²) >= 11 is 12.1. The third kappa shape index (κ3) is 2.83. The predicted octanol–water partition coefficient (Wildman–Crippen LogP) is 2.47. The number of aliphatic imine (C=N–C) groups is 1. The third-order valence-electron chi connectivity index (χ3n) is 2.85. The first-order valence-electron chi connectivity index (χ1n) is 5.63. The number of amidine groups is 1. The maximum Gasteiger partial charge on any atom is 0.346 e. The number of nitrogens with zero attached hydrogens (tertiary/aromatic N) is 2. The molecule has 7 heteroatoms. The first-order valence-corrected chi connectivity index (χ1v) is 6.38. The number of amides is 2. The van der Waals surface area contributed by atoms with Crippen molar-refractivity contribution in [3.05, 3.63) is 33.8 Å². The molecule has 2 N–H and O–H groups in total. The van der Waals surface area contributed by atoms with E-state index in [1.807, 2.05) is 0 Å². The van der Waals surface area contributed by atoms with E-state index in [1.165, 1.54) is 4.90 Å². The van der Waals surface area contributed by atoms with E-state index in [1.54, 1.807) is 25.3 Å². The maximum absolute atomic E-state index is 11.8. The summed E-state index contributed by atoms with van der Waals surface area (Å²) in [6.45, 7) is 0.774. The number of carbonyl (C=O) groups is 1. The van der Waals surface area contributed by atoms with Crippen LogP contribution in [0.3, 0.4) is 0 Å². The molecule has 0 saturated carbocycles. The maximum atomic E-state index is 11.8. The van der Waals surface area contributed by atoms with Crippen molar-refractivity contribution in [1.29, 1.82) is 0 Å². The average molecular weight is 302 g/mol. The molecule has 2 rings (SSSR count). The van der Waals surface area contributed by atoms with Crippen LogP contribution in [0, 0.1) is 0 Å². The highest BCUT2D eigenvalue weighted by Crippen LogP contribution is 2.33. The van der Waals surface area contributed by atoms with E-state index in [-0.39, 0.29) is 5.84 Å². The van der Waals surface area contributed by atoms with E-state index in [9.17, 15) is 4.79 Å². The molecule has 5 nitrogen and oxygen atoms in total. The van der Waals surface area contributed by atoms with Crippen LogP contribution in [0.25, 0.3) is 0 Å². The fraction of sp³-hybridized carbons (Fsp3) is 0.333. The summed E-state index contributed by atoms with van der Waals surface area (Å²) in [5.41, 5.74) is 6.49. The average Bonchev–Trinajstić information content (AvgIpc) is 2.64. The lowest BCUT2D eigenvalue weighted by atomic mass is 10.1. The summed E-state index contributed by atoms with van der Waals surface area (Å²) in [7, 11) is 1.56. The summed E-state index contributed by atoms with van der Waals surface area (Å²) in [6, 6.07) is 4.15. The van der Waals surface area contributed by atoms with Crippen molar-refractivity contribution in [1.82, 2.24) is 4.90 Å². The highest BCUT2D eigenvalue weighted by atomic mass is 35.5. The number of methoxy groups -OCH3 is 1. The zero-order valence-corrected chi connectivity index (χ0v) is 11.8. The van der Waals surface area contributed by atoms with Gasteiger partial charge >= 0.3 is 6.03 Å². The number of halogens is 2. The van der Waals surface area contributed by atoms with E-state index in [0.29, 0.717) is 28.8 Å². The molecule has 0 bridgehead atoms. The largest absolute Gasteiger partial charge is 0.385 e. The molecular weight excluding hydrogens is 289 g/mol. The molecule has 0 fully saturated rings. The lowest BCUT2D eigenvalue weighted by Gasteiger charge is -2.25. The van der Waals surface area contributed by atoms with E-state index in [0.717, 1.165) is 0 Å². The molecule has 0 radical (unpaired) electrons. The number of rotatable bonds is 4. The normalized spacial score (nSPS) is 18.9. The molecule has 1 unspecified atom stereocenters. The molecule has 1 aliphatic heterocycles. The first kappa shape index (κ1) is 14.1. The van der Waals surface area contributed by atoms with E-state index >= 15 is 0 Å². The SMILES string of the molecule is COCCN1C(=O)N=C(N)C1c1cc(Cl)ccc1Cl. The quantitative estimate of drug-likeness (QED) is 0.929. The summed E-state index contributed by atoms with van der Waals surface area (Å²) in [6.07, 6.45) is 0. The van der Waals surface area contributed by atoms with Gasteiger partial charge in [-0.15, -0.1) is 0 Å². The van der Waals surface area contributed by atoms with Crippen molar-refractivity contribution in [2.45, 2.75) is 6.04 Å². The van der Waals surface area contributed by atoms with Gasteiger partial charge in [-0.1, -0.05) is 23.2 Å². The van der Waals surface area contributed by atoms with E-state index in [2.05, 4.69) is 4.99 Å². The second kappa shape index (κ2) is 5.77. The van der Waals surface area contributed by atoms with Gasteiger partial charge in [-0.3, -0.25) is 0 Å². The highest BCUT2D eigenvalue weighted by Gasteiger charge is 2.35. The van der Waals surface area contributed by atoms with Gasteiger partial charge < -0.3 is 15.4 Å². The van der Waals surface area contributed by atoms with Gasteiger partial charge in [0, 0.05) is 29.3 Å². The molecule has 0 saturated heterocycles. The Bertz CT molecular complexity index is 534. The molecule has 102 valence electrons. The Morgan fingerprint density at radius 2 is 2.21 bits per heavy atom. The molecule has 0 aromatic heterocycles. The lowest BCUT2D eigenvalue weighted by molar-refractivity contribution is 0.150. The fourth-order valence-corrected chi connectivity index (χ4v) is 2.37. The Kier molecular flexibility index (Phi) is 4.29. The number of ether oxygens (including phenoxy) is 1. The Morgan fingerprint density at radius 1 is 1.47 bits per heavy atom. The van der Waals surface area contributed by atoms with Crippen molar-refractivity contribution < 1.29 is 9.53 Å². The minimum atomic E-state index is -0.492. The molecule has 19 heavy (non-hydrogen) atoms. The lowest BCUT2D eigenvalue weighted by Crippen LogP contribution is -2.35. The Hall–Kier alpha value is -1.30. The Morgan fingerprint density at radius 3 is 2.89 bits per heavy atom. The van der Waals surface area contributed by atoms with Gasteiger partial charge in [-0.25, -0.2) is 4.79 Å². The second-order valence-electron chi connectivity index (χ2n) is 4.07. The number of carbonyl (C=O) groups excluding carboxylic acids is 1. The smallest absolute Gasteiger partial charge is 0.346 e. The predicted molar refractivity (Wildman–Crippen MR) is 74.8 cm³/mol. The molecule has 1 heterocycles. The number of nitrogens with two attached hydrogens (primary N) is 1. The Labute approximate surface area is 120 Å². The molecule has 1 aliphatic rings. The van der Waals surface area contributed by atoms with Crippen LogP contribution in [-0.2, 0) is 4.74 Å². The first-order chi connectivity index (χ1) is 9.04. The second-order valence-corrected chi connectivity index (χ2v) is 4.92. The van der Waals surface area contributed by atoms with Crippen LogP contribution in [0.1, 0.15) is 11.6 Å². The monoisotopic (exact) mass is 301 g/mol. The molecule has 1 atom stereocenters. The standard InChI is InChI=1S/C12H13Cl2N3O2/c1-19-5-4-17-10(11(15)16-12(17)18)8-6-7(13)2-3-9(8)14/h2-3,6,10H,4-5H2,1H3,(H2,15,16,18). The Balaban J connectivity index is 2.36. The van der Waals surface area contributed by atoms with Gasteiger partial charge in [-0.2, -0.15) is 4.99 Å². The van der Waals surface area contributed by atoms with Crippen LogP contribution in [0.15, 0.2) is 23.2 Å². The molecule has 0 aliphatic carbocycles. The number of hydrogen-bond donors (Lipinski definition) is 1. The van der Waals surface area contributed by atoms with Crippen molar-refractivity contribution in [2.24, 2.45) is 10.7 Å². The van der Waals surface area contributed by atoms with Gasteiger partial charge in [0.25, 0.3) is 0 Å². The highest BCUT2D eigenvalue weighted by molar-refractivity contribution is 6.34. The molecule has 0 spiro atoms. The zero-order chi connectivity index (χ0) is 14.0. The van der Waals surface area contributed by atoms with Gasteiger partial charge in [-0.05, 0) is 18.2 Å². The summed E-state index contributed by atoms with van der Waals surface area (Å²) < 4.78 is 4.98. The van der Waals surface area contributed by atoms with Crippen LogP contribution < -0.4 is 5.73 Å². The van der Waals surface area contributed by atoms with Crippen LogP contribution in [0.5, 0.6) is 0 Å². The van der Waals surface area contributed by atoms with E-state index < -0.39 is 12.1 Å². The topological polar surface area (TPSA) is 67.9 Å².